The van der Waals surface area contributed by atoms with Crippen molar-refractivity contribution in [3.63, 3.8) is 0 Å². The van der Waals surface area contributed by atoms with Crippen molar-refractivity contribution in [3.8, 4) is 0 Å². The van der Waals surface area contributed by atoms with E-state index in [0.717, 1.165) is 29.1 Å². The molecule has 0 aliphatic heterocycles. The van der Waals surface area contributed by atoms with E-state index in [0.29, 0.717) is 0 Å². The molecule has 1 heterocycles. The molecule has 1 rings (SSSR count). The lowest BCUT2D eigenvalue weighted by atomic mass is 9.96. The minimum absolute atomic E-state index is 0.111. The molecular formula is C11H18BrN3. The number of halogens is 1. The standard InChI is InChI=1S/C11H18BrN3/c1-5-11(4,6-2)15-10-7-9(12)13-8(3)14-10/h7H,5-6H2,1-4H3,(H,13,14,15). The molecule has 0 saturated carbocycles. The van der Waals surface area contributed by atoms with Crippen LogP contribution in [0.15, 0.2) is 10.7 Å². The number of nitrogens with one attached hydrogen (secondary N) is 1. The van der Waals surface area contributed by atoms with Gasteiger partial charge in [0.25, 0.3) is 0 Å². The van der Waals surface area contributed by atoms with E-state index in [4.69, 9.17) is 0 Å². The van der Waals surface area contributed by atoms with Gasteiger partial charge in [0.1, 0.15) is 16.2 Å². The van der Waals surface area contributed by atoms with Gasteiger partial charge in [-0.05, 0) is 42.6 Å². The summed E-state index contributed by atoms with van der Waals surface area (Å²) in [5.41, 5.74) is 0.111. The molecule has 3 nitrogen and oxygen atoms in total. The Morgan fingerprint density at radius 2 is 1.93 bits per heavy atom. The molecule has 0 atom stereocenters. The lowest BCUT2D eigenvalue weighted by molar-refractivity contribution is 0.476. The van der Waals surface area contributed by atoms with E-state index in [1.54, 1.807) is 0 Å². The van der Waals surface area contributed by atoms with Gasteiger partial charge in [-0.1, -0.05) is 13.8 Å². The van der Waals surface area contributed by atoms with Gasteiger partial charge in [0, 0.05) is 11.6 Å². The second-order valence-corrected chi connectivity index (χ2v) is 4.83. The number of hydrogen-bond donors (Lipinski definition) is 1. The Kier molecular flexibility index (Phi) is 4.08. The molecule has 0 fully saturated rings. The lowest BCUT2D eigenvalue weighted by Gasteiger charge is -2.28. The van der Waals surface area contributed by atoms with Gasteiger partial charge < -0.3 is 5.32 Å². The van der Waals surface area contributed by atoms with Crippen LogP contribution in [-0.2, 0) is 0 Å². The average Bonchev–Trinajstić information content (AvgIpc) is 2.16. The maximum atomic E-state index is 4.36. The van der Waals surface area contributed by atoms with E-state index in [1.165, 1.54) is 0 Å². The molecule has 1 aromatic rings. The van der Waals surface area contributed by atoms with Crippen molar-refractivity contribution >= 4 is 21.7 Å². The Morgan fingerprint density at radius 3 is 2.40 bits per heavy atom. The van der Waals surface area contributed by atoms with Crippen LogP contribution >= 0.6 is 15.9 Å². The zero-order valence-corrected chi connectivity index (χ0v) is 11.3. The molecule has 0 bridgehead atoms. The lowest BCUT2D eigenvalue weighted by Crippen LogP contribution is -2.33. The first-order valence-corrected chi connectivity index (χ1v) is 6.08. The van der Waals surface area contributed by atoms with E-state index < -0.39 is 0 Å². The fourth-order valence-electron chi connectivity index (χ4n) is 1.33. The van der Waals surface area contributed by atoms with Gasteiger partial charge in [0.05, 0.1) is 0 Å². The quantitative estimate of drug-likeness (QED) is 0.852. The van der Waals surface area contributed by atoms with Gasteiger partial charge in [-0.25, -0.2) is 9.97 Å². The van der Waals surface area contributed by atoms with Crippen molar-refractivity contribution in [3.05, 3.63) is 16.5 Å². The average molecular weight is 272 g/mol. The number of anilines is 1. The van der Waals surface area contributed by atoms with Crippen LogP contribution < -0.4 is 5.32 Å². The van der Waals surface area contributed by atoms with Crippen LogP contribution in [0.3, 0.4) is 0 Å². The zero-order valence-electron chi connectivity index (χ0n) is 9.76. The van der Waals surface area contributed by atoms with Crippen molar-refractivity contribution in [2.75, 3.05) is 5.32 Å². The first kappa shape index (κ1) is 12.4. The number of nitrogens with zero attached hydrogens (tertiary/aromatic N) is 2. The Labute approximate surface area is 99.8 Å². The molecular weight excluding hydrogens is 254 g/mol. The minimum Gasteiger partial charge on any atom is -0.365 e. The number of aromatic nitrogens is 2. The summed E-state index contributed by atoms with van der Waals surface area (Å²) < 4.78 is 0.826. The third-order valence-electron chi connectivity index (χ3n) is 2.80. The second-order valence-electron chi connectivity index (χ2n) is 4.02. The Balaban J connectivity index is 2.88. The molecule has 0 saturated heterocycles. The summed E-state index contributed by atoms with van der Waals surface area (Å²) in [5.74, 6) is 1.67. The highest BCUT2D eigenvalue weighted by Gasteiger charge is 2.19. The minimum atomic E-state index is 0.111. The summed E-state index contributed by atoms with van der Waals surface area (Å²) in [5, 5.41) is 3.46. The summed E-state index contributed by atoms with van der Waals surface area (Å²) in [6, 6.07) is 1.91. The monoisotopic (exact) mass is 271 g/mol. The van der Waals surface area contributed by atoms with Gasteiger partial charge in [-0.2, -0.15) is 0 Å². The molecule has 0 aromatic carbocycles. The molecule has 0 aliphatic rings. The summed E-state index contributed by atoms with van der Waals surface area (Å²) in [4.78, 5) is 8.54. The number of rotatable bonds is 4. The SMILES string of the molecule is CCC(C)(CC)Nc1cc(Br)nc(C)n1. The molecule has 4 heteroatoms. The van der Waals surface area contributed by atoms with Gasteiger partial charge in [0.15, 0.2) is 0 Å². The fourth-order valence-corrected chi connectivity index (χ4v) is 1.80. The van der Waals surface area contributed by atoms with Crippen LogP contribution in [0.25, 0.3) is 0 Å². The number of aryl methyl sites for hydroxylation is 1. The molecule has 0 radical (unpaired) electrons. The topological polar surface area (TPSA) is 37.8 Å². The Bertz CT molecular complexity index is 314. The highest BCUT2D eigenvalue weighted by Crippen LogP contribution is 2.21. The third-order valence-corrected chi connectivity index (χ3v) is 3.20. The molecule has 0 unspecified atom stereocenters. The highest BCUT2D eigenvalue weighted by atomic mass is 79.9. The first-order chi connectivity index (χ1) is 6.99. The van der Waals surface area contributed by atoms with Crippen molar-refractivity contribution < 1.29 is 0 Å². The van der Waals surface area contributed by atoms with Crippen molar-refractivity contribution in [1.29, 1.82) is 0 Å². The normalized spacial score (nSPS) is 11.5. The van der Waals surface area contributed by atoms with Gasteiger partial charge in [-0.3, -0.25) is 0 Å². The molecule has 84 valence electrons. The smallest absolute Gasteiger partial charge is 0.131 e. The van der Waals surface area contributed by atoms with E-state index in [1.807, 2.05) is 13.0 Å². The molecule has 15 heavy (non-hydrogen) atoms. The number of hydrogen-bond acceptors (Lipinski definition) is 3. The fraction of sp³-hybridized carbons (Fsp3) is 0.636. The predicted molar refractivity (Wildman–Crippen MR) is 67.1 cm³/mol. The predicted octanol–water partition coefficient (Wildman–Crippen LogP) is 3.54. The van der Waals surface area contributed by atoms with Crippen molar-refractivity contribution in [1.82, 2.24) is 9.97 Å². The Hall–Kier alpha value is -0.640. The van der Waals surface area contributed by atoms with Crippen LogP contribution in [-0.4, -0.2) is 15.5 Å². The maximum absolute atomic E-state index is 4.36. The van der Waals surface area contributed by atoms with Gasteiger partial charge in [0.2, 0.25) is 0 Å². The Morgan fingerprint density at radius 1 is 1.33 bits per heavy atom. The highest BCUT2D eigenvalue weighted by molar-refractivity contribution is 9.10. The van der Waals surface area contributed by atoms with Gasteiger partial charge >= 0.3 is 0 Å². The van der Waals surface area contributed by atoms with Crippen LogP contribution in [0.1, 0.15) is 39.4 Å². The van der Waals surface area contributed by atoms with E-state index in [9.17, 15) is 0 Å². The van der Waals surface area contributed by atoms with Crippen LogP contribution in [0.2, 0.25) is 0 Å². The van der Waals surface area contributed by atoms with E-state index in [2.05, 4.69) is 52.0 Å². The molecule has 1 aromatic heterocycles. The van der Waals surface area contributed by atoms with Gasteiger partial charge in [-0.15, -0.1) is 0 Å². The molecule has 0 aliphatic carbocycles. The third kappa shape index (κ3) is 3.45. The zero-order chi connectivity index (χ0) is 11.5. The molecule has 0 spiro atoms. The molecule has 1 N–H and O–H groups in total. The summed E-state index contributed by atoms with van der Waals surface area (Å²) in [6.45, 7) is 8.46. The molecule has 0 amide bonds. The van der Waals surface area contributed by atoms with Crippen molar-refractivity contribution in [2.45, 2.75) is 46.1 Å². The van der Waals surface area contributed by atoms with E-state index in [-0.39, 0.29) is 5.54 Å². The summed E-state index contributed by atoms with van der Waals surface area (Å²) in [7, 11) is 0. The van der Waals surface area contributed by atoms with Crippen LogP contribution in [0, 0.1) is 6.92 Å². The van der Waals surface area contributed by atoms with Crippen LogP contribution in [0.4, 0.5) is 5.82 Å². The summed E-state index contributed by atoms with van der Waals surface area (Å²) >= 11 is 3.37. The van der Waals surface area contributed by atoms with Crippen molar-refractivity contribution in [2.24, 2.45) is 0 Å². The van der Waals surface area contributed by atoms with E-state index >= 15 is 0 Å². The second kappa shape index (κ2) is 4.92. The van der Waals surface area contributed by atoms with Crippen LogP contribution in [0.5, 0.6) is 0 Å². The maximum Gasteiger partial charge on any atom is 0.131 e. The largest absolute Gasteiger partial charge is 0.365 e. The first-order valence-electron chi connectivity index (χ1n) is 5.28. The summed E-state index contributed by atoms with van der Waals surface area (Å²) in [6.07, 6.45) is 2.15.